The van der Waals surface area contributed by atoms with Crippen LogP contribution in [0, 0.1) is 0 Å². The van der Waals surface area contributed by atoms with E-state index in [1.807, 2.05) is 91.0 Å². The number of pyridine rings is 1. The van der Waals surface area contributed by atoms with Crippen LogP contribution in [0.15, 0.2) is 95.9 Å². The number of hydrogen-bond donors (Lipinski definition) is 1. The van der Waals surface area contributed by atoms with E-state index in [1.54, 1.807) is 15.2 Å². The molecule has 2 aromatic carbocycles. The van der Waals surface area contributed by atoms with Crippen LogP contribution in [0.1, 0.15) is 16.7 Å². The van der Waals surface area contributed by atoms with Gasteiger partial charge < -0.3 is 5.11 Å². The lowest BCUT2D eigenvalue weighted by molar-refractivity contribution is -0.671. The Labute approximate surface area is 163 Å². The van der Waals surface area contributed by atoms with Gasteiger partial charge in [-0.1, -0.05) is 72.8 Å². The van der Waals surface area contributed by atoms with E-state index >= 15 is 0 Å². The molecule has 138 valence electrons. The highest BCUT2D eigenvalue weighted by molar-refractivity contribution is 5.48. The molecule has 2 heterocycles. The second-order valence-corrected chi connectivity index (χ2v) is 6.62. The molecule has 0 aliphatic heterocycles. The maximum atomic E-state index is 13.0. The normalized spacial score (nSPS) is 11.3. The van der Waals surface area contributed by atoms with E-state index in [2.05, 4.69) is 0 Å². The SMILES string of the molecule is O=c1c(Cc2ccccc2)c(O)[n+](CC=Cc2ccccc2)c2ccccn12. The fourth-order valence-corrected chi connectivity index (χ4v) is 3.33. The number of hydrogen-bond acceptors (Lipinski definition) is 2. The lowest BCUT2D eigenvalue weighted by atomic mass is 10.1. The summed E-state index contributed by atoms with van der Waals surface area (Å²) in [7, 11) is 0. The molecule has 0 fully saturated rings. The molecular formula is C24H21N2O2+. The van der Waals surface area contributed by atoms with Gasteiger partial charge in [-0.25, -0.2) is 4.79 Å². The molecule has 4 aromatic rings. The minimum Gasteiger partial charge on any atom is -0.477 e. The maximum absolute atomic E-state index is 13.0. The van der Waals surface area contributed by atoms with Crippen LogP contribution in [0.3, 0.4) is 0 Å². The van der Waals surface area contributed by atoms with Crippen molar-refractivity contribution in [1.29, 1.82) is 0 Å². The van der Waals surface area contributed by atoms with E-state index < -0.39 is 0 Å². The molecule has 0 aliphatic carbocycles. The molecule has 0 saturated heterocycles. The number of aromatic hydroxyl groups is 1. The summed E-state index contributed by atoms with van der Waals surface area (Å²) in [6.07, 6.45) is 6.11. The molecule has 4 heteroatoms. The molecule has 0 radical (unpaired) electrons. The molecule has 0 atom stereocenters. The van der Waals surface area contributed by atoms with Crippen molar-refractivity contribution in [2.24, 2.45) is 0 Å². The summed E-state index contributed by atoms with van der Waals surface area (Å²) in [4.78, 5) is 13.0. The van der Waals surface area contributed by atoms with Gasteiger partial charge in [0.2, 0.25) is 0 Å². The molecule has 0 spiro atoms. The first-order valence-electron chi connectivity index (χ1n) is 9.24. The van der Waals surface area contributed by atoms with Crippen molar-refractivity contribution < 1.29 is 9.67 Å². The fourth-order valence-electron chi connectivity index (χ4n) is 3.33. The number of aromatic nitrogens is 2. The number of fused-ring (bicyclic) bond motifs is 1. The third-order valence-corrected chi connectivity index (χ3v) is 4.74. The Morgan fingerprint density at radius 3 is 2.32 bits per heavy atom. The zero-order valence-electron chi connectivity index (χ0n) is 15.4. The molecular weight excluding hydrogens is 348 g/mol. The van der Waals surface area contributed by atoms with Crippen molar-refractivity contribution >= 4 is 11.7 Å². The Hall–Kier alpha value is -3.66. The van der Waals surface area contributed by atoms with Crippen molar-refractivity contribution in [3.05, 3.63) is 118 Å². The molecule has 0 amide bonds. The molecule has 28 heavy (non-hydrogen) atoms. The summed E-state index contributed by atoms with van der Waals surface area (Å²) in [5, 5.41) is 10.9. The molecule has 1 N–H and O–H groups in total. The van der Waals surface area contributed by atoms with Gasteiger partial charge >= 0.3 is 5.56 Å². The third-order valence-electron chi connectivity index (χ3n) is 4.74. The van der Waals surface area contributed by atoms with Crippen LogP contribution in [0.4, 0.5) is 0 Å². The van der Waals surface area contributed by atoms with Crippen LogP contribution < -0.4 is 10.1 Å². The summed E-state index contributed by atoms with van der Waals surface area (Å²) in [5.41, 5.74) is 2.92. The summed E-state index contributed by atoms with van der Waals surface area (Å²) in [6, 6.07) is 25.2. The summed E-state index contributed by atoms with van der Waals surface area (Å²) in [5.74, 6) is 0.0118. The first-order valence-corrected chi connectivity index (χ1v) is 9.24. The van der Waals surface area contributed by atoms with Gasteiger partial charge in [-0.05, 0) is 23.3 Å². The smallest absolute Gasteiger partial charge is 0.349 e. The van der Waals surface area contributed by atoms with Gasteiger partial charge in [-0.3, -0.25) is 0 Å². The third kappa shape index (κ3) is 3.58. The molecule has 4 rings (SSSR count). The molecule has 0 bridgehead atoms. The van der Waals surface area contributed by atoms with Crippen molar-refractivity contribution in [2.75, 3.05) is 0 Å². The molecule has 0 aliphatic rings. The zero-order valence-corrected chi connectivity index (χ0v) is 15.4. The van der Waals surface area contributed by atoms with E-state index in [0.717, 1.165) is 11.1 Å². The number of nitrogens with zero attached hydrogens (tertiary/aromatic N) is 2. The van der Waals surface area contributed by atoms with Crippen LogP contribution in [0.5, 0.6) is 5.88 Å². The predicted octanol–water partition coefficient (Wildman–Crippen LogP) is 3.60. The zero-order chi connectivity index (χ0) is 19.3. The van der Waals surface area contributed by atoms with Gasteiger partial charge in [0.25, 0.3) is 11.5 Å². The van der Waals surface area contributed by atoms with E-state index in [9.17, 15) is 9.90 Å². The minimum atomic E-state index is -0.194. The second kappa shape index (κ2) is 7.92. The minimum absolute atomic E-state index is 0.0118. The van der Waals surface area contributed by atoms with Crippen molar-refractivity contribution in [2.45, 2.75) is 13.0 Å². The average molecular weight is 369 g/mol. The standard InChI is InChI=1S/C24H20N2O2/c27-23-21(18-20-12-5-2-6-13-20)24(28)26(22-15-7-8-16-25(22)23)17-9-14-19-10-3-1-4-11-19/h1-16H,17-18H2/p+1. The highest BCUT2D eigenvalue weighted by atomic mass is 16.3. The van der Waals surface area contributed by atoms with Crippen LogP contribution in [0.2, 0.25) is 0 Å². The number of benzene rings is 2. The fraction of sp³-hybridized carbons (Fsp3) is 0.0833. The first kappa shape index (κ1) is 17.7. The Bertz CT molecular complexity index is 1180. The second-order valence-electron chi connectivity index (χ2n) is 6.62. The number of allylic oxidation sites excluding steroid dienone is 1. The molecule has 2 aromatic heterocycles. The van der Waals surface area contributed by atoms with Crippen molar-refractivity contribution in [3.8, 4) is 5.88 Å². The predicted molar refractivity (Wildman–Crippen MR) is 110 cm³/mol. The Balaban J connectivity index is 1.78. The van der Waals surface area contributed by atoms with E-state index in [-0.39, 0.29) is 11.4 Å². The Morgan fingerprint density at radius 2 is 1.57 bits per heavy atom. The van der Waals surface area contributed by atoms with Crippen LogP contribution in [-0.4, -0.2) is 9.51 Å². The van der Waals surface area contributed by atoms with E-state index in [1.165, 1.54) is 0 Å². The monoisotopic (exact) mass is 369 g/mol. The lowest BCUT2D eigenvalue weighted by Gasteiger charge is -2.08. The number of rotatable bonds is 5. The van der Waals surface area contributed by atoms with E-state index in [0.29, 0.717) is 24.2 Å². The van der Waals surface area contributed by atoms with Gasteiger partial charge in [0.15, 0.2) is 0 Å². The van der Waals surface area contributed by atoms with Gasteiger partial charge in [0.1, 0.15) is 12.1 Å². The largest absolute Gasteiger partial charge is 0.477 e. The average Bonchev–Trinajstić information content (AvgIpc) is 2.75. The summed E-state index contributed by atoms with van der Waals surface area (Å²) < 4.78 is 3.35. The van der Waals surface area contributed by atoms with Crippen LogP contribution >= 0.6 is 0 Å². The highest BCUT2D eigenvalue weighted by Crippen LogP contribution is 2.15. The highest BCUT2D eigenvalue weighted by Gasteiger charge is 2.22. The molecule has 0 unspecified atom stereocenters. The summed E-state index contributed by atoms with van der Waals surface area (Å²) in [6.45, 7) is 0.455. The lowest BCUT2D eigenvalue weighted by Crippen LogP contribution is -2.41. The van der Waals surface area contributed by atoms with Gasteiger partial charge in [-0.15, -0.1) is 0 Å². The van der Waals surface area contributed by atoms with Gasteiger partial charge in [0.05, 0.1) is 6.20 Å². The maximum Gasteiger partial charge on any atom is 0.349 e. The van der Waals surface area contributed by atoms with Gasteiger partial charge in [-0.2, -0.15) is 8.97 Å². The van der Waals surface area contributed by atoms with Crippen LogP contribution in [0.25, 0.3) is 11.7 Å². The Kier molecular flexibility index (Phi) is 5.02. The van der Waals surface area contributed by atoms with E-state index in [4.69, 9.17) is 0 Å². The van der Waals surface area contributed by atoms with Crippen molar-refractivity contribution in [3.63, 3.8) is 0 Å². The molecule has 0 saturated carbocycles. The quantitative estimate of drug-likeness (QED) is 0.547. The molecule has 4 nitrogen and oxygen atoms in total. The topological polar surface area (TPSA) is 45.6 Å². The Morgan fingerprint density at radius 1 is 0.893 bits per heavy atom. The first-order chi connectivity index (χ1) is 13.7. The summed E-state index contributed by atoms with van der Waals surface area (Å²) >= 11 is 0. The van der Waals surface area contributed by atoms with Gasteiger partial charge in [0, 0.05) is 12.5 Å². The van der Waals surface area contributed by atoms with Crippen LogP contribution in [-0.2, 0) is 13.0 Å². The van der Waals surface area contributed by atoms with Crippen molar-refractivity contribution in [1.82, 2.24) is 4.40 Å².